The molecule has 3 heterocycles. The molecule has 0 spiro atoms. The van der Waals surface area contributed by atoms with E-state index in [1.54, 1.807) is 42.1 Å². The first-order valence-electron chi connectivity index (χ1n) is 9.97. The number of fused-ring (bicyclic) bond motifs is 1. The van der Waals surface area contributed by atoms with Crippen LogP contribution < -0.4 is 0 Å². The molecular formula is C22H24FN5O2. The number of hydrogen-bond acceptors (Lipinski definition) is 4. The zero-order valence-corrected chi connectivity index (χ0v) is 17.5. The van der Waals surface area contributed by atoms with Crippen LogP contribution in [0.2, 0.25) is 0 Å². The molecule has 3 aromatic rings. The molecule has 0 unspecified atom stereocenters. The summed E-state index contributed by atoms with van der Waals surface area (Å²) in [6, 6.07) is 5.48. The second-order valence-electron chi connectivity index (χ2n) is 7.95. The molecule has 4 rings (SSSR count). The lowest BCUT2D eigenvalue weighted by Gasteiger charge is -2.37. The van der Waals surface area contributed by atoms with Gasteiger partial charge in [-0.25, -0.2) is 9.37 Å². The maximum atomic E-state index is 14.0. The van der Waals surface area contributed by atoms with Crippen LogP contribution in [-0.4, -0.2) is 62.6 Å². The molecular weight excluding hydrogens is 385 g/mol. The van der Waals surface area contributed by atoms with Crippen molar-refractivity contribution in [1.82, 2.24) is 24.6 Å². The number of piperazine rings is 1. The van der Waals surface area contributed by atoms with Gasteiger partial charge in [0, 0.05) is 43.3 Å². The average Bonchev–Trinajstić information content (AvgIpc) is 3.22. The van der Waals surface area contributed by atoms with Crippen LogP contribution in [0.1, 0.15) is 37.2 Å². The molecule has 2 amide bonds. The van der Waals surface area contributed by atoms with Gasteiger partial charge >= 0.3 is 0 Å². The Morgan fingerprint density at radius 2 is 2.00 bits per heavy atom. The first kappa shape index (κ1) is 20.0. The van der Waals surface area contributed by atoms with Crippen LogP contribution in [-0.2, 0) is 4.79 Å². The van der Waals surface area contributed by atoms with Gasteiger partial charge in [-0.2, -0.15) is 5.10 Å². The molecule has 0 radical (unpaired) electrons. The van der Waals surface area contributed by atoms with Gasteiger partial charge in [-0.3, -0.25) is 14.3 Å². The lowest BCUT2D eigenvalue weighted by Crippen LogP contribution is -2.56. The number of nitrogens with zero attached hydrogens (tertiary/aromatic N) is 5. The topological polar surface area (TPSA) is 71.3 Å². The largest absolute Gasteiger partial charge is 0.342 e. The van der Waals surface area contributed by atoms with E-state index in [0.29, 0.717) is 35.2 Å². The van der Waals surface area contributed by atoms with Gasteiger partial charge in [0.15, 0.2) is 0 Å². The van der Waals surface area contributed by atoms with E-state index in [1.807, 2.05) is 24.7 Å². The Labute approximate surface area is 174 Å². The molecule has 156 valence electrons. The molecule has 1 atom stereocenters. The zero-order chi connectivity index (χ0) is 21.6. The minimum atomic E-state index is -0.583. The summed E-state index contributed by atoms with van der Waals surface area (Å²) in [5.74, 6) is -0.863. The van der Waals surface area contributed by atoms with Gasteiger partial charge in [-0.05, 0) is 45.0 Å². The standard InChI is InChI=1S/C22H24FN5O2/c1-13(2)28-12-15(11-24-28)20-10-18(17-9-16(23)5-6-19(17)25-20)22(30)27-8-7-26(4)21(29)14(27)3/h5-6,9-14H,7-8H2,1-4H3/t14-/m1/s1. The number of rotatable bonds is 3. The molecule has 0 N–H and O–H groups in total. The summed E-state index contributed by atoms with van der Waals surface area (Å²) in [7, 11) is 1.72. The molecule has 1 aromatic carbocycles. The maximum Gasteiger partial charge on any atom is 0.255 e. The SMILES string of the molecule is CC(C)n1cc(-c2cc(C(=O)N3CCN(C)C(=O)[C@H]3C)c3cc(F)ccc3n2)cn1. The summed E-state index contributed by atoms with van der Waals surface area (Å²) < 4.78 is 15.8. The Kier molecular flexibility index (Phi) is 5.01. The molecule has 7 nitrogen and oxygen atoms in total. The van der Waals surface area contributed by atoms with Crippen LogP contribution >= 0.6 is 0 Å². The predicted molar refractivity (Wildman–Crippen MR) is 111 cm³/mol. The van der Waals surface area contributed by atoms with Crippen molar-refractivity contribution in [2.75, 3.05) is 20.1 Å². The van der Waals surface area contributed by atoms with Crippen LogP contribution in [0, 0.1) is 5.82 Å². The highest BCUT2D eigenvalue weighted by molar-refractivity contribution is 6.08. The number of pyridine rings is 1. The van der Waals surface area contributed by atoms with Gasteiger partial charge in [0.25, 0.3) is 5.91 Å². The summed E-state index contributed by atoms with van der Waals surface area (Å²) >= 11 is 0. The number of amides is 2. The van der Waals surface area contributed by atoms with Gasteiger partial charge in [-0.1, -0.05) is 0 Å². The fourth-order valence-corrected chi connectivity index (χ4v) is 3.72. The third-order valence-corrected chi connectivity index (χ3v) is 5.57. The molecule has 8 heteroatoms. The number of carbonyl (C=O) groups excluding carboxylic acids is 2. The minimum Gasteiger partial charge on any atom is -0.342 e. The van der Waals surface area contributed by atoms with E-state index in [-0.39, 0.29) is 17.9 Å². The van der Waals surface area contributed by atoms with Crippen LogP contribution in [0.5, 0.6) is 0 Å². The first-order valence-corrected chi connectivity index (χ1v) is 9.97. The summed E-state index contributed by atoms with van der Waals surface area (Å²) in [5, 5.41) is 4.78. The van der Waals surface area contributed by atoms with Crippen molar-refractivity contribution in [2.24, 2.45) is 0 Å². The van der Waals surface area contributed by atoms with E-state index >= 15 is 0 Å². The normalized spacial score (nSPS) is 17.3. The summed E-state index contributed by atoms with van der Waals surface area (Å²) in [5.41, 5.74) is 2.20. The van der Waals surface area contributed by atoms with E-state index in [2.05, 4.69) is 10.1 Å². The molecule has 1 aliphatic heterocycles. The van der Waals surface area contributed by atoms with E-state index in [0.717, 1.165) is 5.56 Å². The molecule has 0 aliphatic carbocycles. The number of aromatic nitrogens is 3. The van der Waals surface area contributed by atoms with Crippen LogP contribution in [0.4, 0.5) is 4.39 Å². The van der Waals surface area contributed by atoms with Crippen LogP contribution in [0.3, 0.4) is 0 Å². The summed E-state index contributed by atoms with van der Waals surface area (Å²) in [4.78, 5) is 33.6. The average molecular weight is 409 g/mol. The molecule has 1 aliphatic rings. The highest BCUT2D eigenvalue weighted by Crippen LogP contribution is 2.28. The fraction of sp³-hybridized carbons (Fsp3) is 0.364. The van der Waals surface area contributed by atoms with Gasteiger partial charge < -0.3 is 9.80 Å². The lowest BCUT2D eigenvalue weighted by molar-refractivity contribution is -0.137. The second-order valence-corrected chi connectivity index (χ2v) is 7.95. The quantitative estimate of drug-likeness (QED) is 0.666. The van der Waals surface area contributed by atoms with Crippen LogP contribution in [0.25, 0.3) is 22.2 Å². The number of halogens is 1. The summed E-state index contributed by atoms with van der Waals surface area (Å²) in [6.07, 6.45) is 3.58. The third kappa shape index (κ3) is 3.42. The summed E-state index contributed by atoms with van der Waals surface area (Å²) in [6.45, 7) is 6.64. The molecule has 2 aromatic heterocycles. The molecule has 1 fully saturated rings. The Morgan fingerprint density at radius 3 is 2.70 bits per heavy atom. The zero-order valence-electron chi connectivity index (χ0n) is 17.5. The highest BCUT2D eigenvalue weighted by Gasteiger charge is 2.34. The van der Waals surface area contributed by atoms with E-state index in [1.165, 1.54) is 12.1 Å². The first-order chi connectivity index (χ1) is 14.3. The Hall–Kier alpha value is -3.29. The van der Waals surface area contributed by atoms with Gasteiger partial charge in [-0.15, -0.1) is 0 Å². The molecule has 0 bridgehead atoms. The lowest BCUT2D eigenvalue weighted by atomic mass is 10.0. The molecule has 0 saturated carbocycles. The predicted octanol–water partition coefficient (Wildman–Crippen LogP) is 3.12. The van der Waals surface area contributed by atoms with E-state index in [4.69, 9.17) is 0 Å². The maximum absolute atomic E-state index is 14.0. The van der Waals surface area contributed by atoms with E-state index < -0.39 is 11.9 Å². The van der Waals surface area contributed by atoms with E-state index in [9.17, 15) is 14.0 Å². The highest BCUT2D eigenvalue weighted by atomic mass is 19.1. The molecule has 1 saturated heterocycles. The van der Waals surface area contributed by atoms with Gasteiger partial charge in [0.05, 0.1) is 23.0 Å². The van der Waals surface area contributed by atoms with Crippen molar-refractivity contribution in [3.8, 4) is 11.3 Å². The Morgan fingerprint density at radius 1 is 1.23 bits per heavy atom. The fourth-order valence-electron chi connectivity index (χ4n) is 3.72. The minimum absolute atomic E-state index is 0.113. The van der Waals surface area contributed by atoms with Crippen molar-refractivity contribution < 1.29 is 14.0 Å². The van der Waals surface area contributed by atoms with Crippen molar-refractivity contribution in [3.05, 3.63) is 48.0 Å². The number of hydrogen-bond donors (Lipinski definition) is 0. The Balaban J connectivity index is 1.83. The Bertz CT molecular complexity index is 1140. The van der Waals surface area contributed by atoms with Gasteiger partial charge in [0.2, 0.25) is 5.91 Å². The third-order valence-electron chi connectivity index (χ3n) is 5.57. The van der Waals surface area contributed by atoms with Crippen molar-refractivity contribution in [3.63, 3.8) is 0 Å². The smallest absolute Gasteiger partial charge is 0.255 e. The molecule has 30 heavy (non-hydrogen) atoms. The number of likely N-dealkylation sites (N-methyl/N-ethyl adjacent to an activating group) is 1. The monoisotopic (exact) mass is 409 g/mol. The second kappa shape index (κ2) is 7.51. The van der Waals surface area contributed by atoms with Crippen molar-refractivity contribution in [1.29, 1.82) is 0 Å². The van der Waals surface area contributed by atoms with Crippen molar-refractivity contribution in [2.45, 2.75) is 32.9 Å². The number of benzene rings is 1. The number of carbonyl (C=O) groups is 2. The van der Waals surface area contributed by atoms with Gasteiger partial charge in [0.1, 0.15) is 11.9 Å². The van der Waals surface area contributed by atoms with Crippen LogP contribution in [0.15, 0.2) is 36.7 Å². The van der Waals surface area contributed by atoms with Crippen molar-refractivity contribution >= 4 is 22.7 Å².